The Kier molecular flexibility index (Phi) is 4.97. The first-order chi connectivity index (χ1) is 14.7. The molecule has 0 fully saturated rings. The van der Waals surface area contributed by atoms with E-state index < -0.39 is 35.6 Å². The van der Waals surface area contributed by atoms with Gasteiger partial charge in [0.15, 0.2) is 11.2 Å². The van der Waals surface area contributed by atoms with Crippen LogP contribution in [0.25, 0.3) is 16.9 Å². The van der Waals surface area contributed by atoms with Crippen LogP contribution in [0, 0.1) is 5.82 Å². The maximum Gasteiger partial charge on any atom is 0.416 e. The van der Waals surface area contributed by atoms with Gasteiger partial charge in [-0.2, -0.15) is 17.9 Å². The van der Waals surface area contributed by atoms with Gasteiger partial charge in [0.05, 0.1) is 11.3 Å². The molecule has 0 aliphatic heterocycles. The highest BCUT2D eigenvalue weighted by Gasteiger charge is 2.30. The molecule has 158 valence electrons. The minimum absolute atomic E-state index is 0.0656. The molecule has 2 heterocycles. The van der Waals surface area contributed by atoms with Crippen LogP contribution >= 0.6 is 0 Å². The molecule has 0 saturated heterocycles. The Morgan fingerprint density at radius 2 is 1.84 bits per heavy atom. The Labute approximate surface area is 170 Å². The van der Waals surface area contributed by atoms with Gasteiger partial charge < -0.3 is 5.32 Å². The van der Waals surface area contributed by atoms with E-state index in [0.717, 1.165) is 29.1 Å². The van der Waals surface area contributed by atoms with Crippen LogP contribution in [0.5, 0.6) is 0 Å². The first-order valence-corrected chi connectivity index (χ1v) is 8.76. The lowest BCUT2D eigenvalue weighted by atomic mass is 10.2. The lowest BCUT2D eigenvalue weighted by Gasteiger charge is -2.10. The van der Waals surface area contributed by atoms with Crippen molar-refractivity contribution in [1.29, 1.82) is 0 Å². The normalized spacial score (nSPS) is 11.6. The summed E-state index contributed by atoms with van der Waals surface area (Å²) >= 11 is 0. The molecule has 31 heavy (non-hydrogen) atoms. The zero-order valence-electron chi connectivity index (χ0n) is 15.5. The summed E-state index contributed by atoms with van der Waals surface area (Å²) in [5, 5.41) is 9.92. The van der Waals surface area contributed by atoms with Gasteiger partial charge in [-0.1, -0.05) is 11.3 Å². The van der Waals surface area contributed by atoms with Crippen LogP contribution < -0.4 is 10.9 Å². The summed E-state index contributed by atoms with van der Waals surface area (Å²) < 4.78 is 53.7. The number of amides is 1. The van der Waals surface area contributed by atoms with Crippen LogP contribution in [0.15, 0.2) is 59.7 Å². The summed E-state index contributed by atoms with van der Waals surface area (Å²) in [5.74, 6) is -1.18. The van der Waals surface area contributed by atoms with Crippen molar-refractivity contribution in [3.8, 4) is 5.69 Å². The van der Waals surface area contributed by atoms with E-state index in [1.54, 1.807) is 0 Å². The molecule has 0 saturated carbocycles. The van der Waals surface area contributed by atoms with Crippen molar-refractivity contribution < 1.29 is 22.4 Å². The predicted molar refractivity (Wildman–Crippen MR) is 101 cm³/mol. The van der Waals surface area contributed by atoms with Gasteiger partial charge in [0.25, 0.3) is 5.56 Å². The van der Waals surface area contributed by atoms with Crippen molar-refractivity contribution >= 4 is 22.8 Å². The molecule has 8 nitrogen and oxygen atoms in total. The van der Waals surface area contributed by atoms with Gasteiger partial charge in [-0.05, 0) is 42.5 Å². The monoisotopic (exact) mass is 432 g/mol. The van der Waals surface area contributed by atoms with Gasteiger partial charge in [-0.25, -0.2) is 9.37 Å². The van der Waals surface area contributed by atoms with E-state index >= 15 is 0 Å². The molecule has 0 atom stereocenters. The number of benzene rings is 2. The molecule has 0 bridgehead atoms. The topological polar surface area (TPSA) is 94.7 Å². The number of hydrogen-bond acceptors (Lipinski definition) is 5. The number of halogens is 4. The molecule has 1 N–H and O–H groups in total. The summed E-state index contributed by atoms with van der Waals surface area (Å²) in [5.41, 5.74) is -1.25. The fraction of sp³-hybridized carbons (Fsp3) is 0.105. The van der Waals surface area contributed by atoms with E-state index in [9.17, 15) is 27.2 Å². The van der Waals surface area contributed by atoms with Crippen molar-refractivity contribution in [3.63, 3.8) is 0 Å². The highest BCUT2D eigenvalue weighted by Crippen LogP contribution is 2.30. The number of carbonyl (C=O) groups is 1. The number of rotatable bonds is 4. The zero-order valence-corrected chi connectivity index (χ0v) is 15.5. The maximum absolute atomic E-state index is 13.1. The fourth-order valence-corrected chi connectivity index (χ4v) is 2.84. The lowest BCUT2D eigenvalue weighted by Crippen LogP contribution is -2.28. The van der Waals surface area contributed by atoms with Gasteiger partial charge in [-0.15, -0.1) is 5.10 Å². The highest BCUT2D eigenvalue weighted by molar-refractivity contribution is 5.90. The number of carbonyl (C=O) groups excluding carboxylic acids is 1. The average molecular weight is 432 g/mol. The Morgan fingerprint density at radius 3 is 2.55 bits per heavy atom. The number of anilines is 1. The van der Waals surface area contributed by atoms with Gasteiger partial charge in [0, 0.05) is 5.69 Å². The largest absolute Gasteiger partial charge is 0.416 e. The minimum Gasteiger partial charge on any atom is -0.325 e. The molecule has 0 radical (unpaired) electrons. The molecule has 4 rings (SSSR count). The Bertz CT molecular complexity index is 1330. The molecule has 1 amide bonds. The quantitative estimate of drug-likeness (QED) is 0.501. The zero-order chi connectivity index (χ0) is 22.2. The van der Waals surface area contributed by atoms with Gasteiger partial charge in [0.2, 0.25) is 5.91 Å². The second-order valence-corrected chi connectivity index (χ2v) is 6.45. The first-order valence-electron chi connectivity index (χ1n) is 8.76. The molecule has 2 aromatic heterocycles. The summed E-state index contributed by atoms with van der Waals surface area (Å²) in [6.07, 6.45) is -3.46. The SMILES string of the molecule is O=C(Cn1cnc2c(nnn2-c2ccc(F)cc2)c1=O)Nc1cccc(C(F)(F)F)c1. The third kappa shape index (κ3) is 4.13. The Balaban J connectivity index is 1.57. The van der Waals surface area contributed by atoms with Gasteiger partial charge in [-0.3, -0.25) is 14.2 Å². The maximum atomic E-state index is 13.1. The number of aromatic nitrogens is 5. The number of hydrogen-bond donors (Lipinski definition) is 1. The Hall–Kier alpha value is -4.09. The minimum atomic E-state index is -4.55. The number of fused-ring (bicyclic) bond motifs is 1. The fourth-order valence-electron chi connectivity index (χ4n) is 2.84. The third-order valence-electron chi connectivity index (χ3n) is 4.29. The van der Waals surface area contributed by atoms with Gasteiger partial charge in [0.1, 0.15) is 18.7 Å². The molecular formula is C19H12F4N6O2. The summed E-state index contributed by atoms with van der Waals surface area (Å²) in [4.78, 5) is 28.9. The lowest BCUT2D eigenvalue weighted by molar-refractivity contribution is -0.137. The molecule has 12 heteroatoms. The van der Waals surface area contributed by atoms with E-state index in [4.69, 9.17) is 0 Å². The molecule has 0 spiro atoms. The van der Waals surface area contributed by atoms with Crippen LogP contribution in [0.4, 0.5) is 23.2 Å². The van der Waals surface area contributed by atoms with E-state index in [0.29, 0.717) is 5.69 Å². The average Bonchev–Trinajstić information content (AvgIpc) is 3.15. The molecule has 0 unspecified atom stereocenters. The van der Waals surface area contributed by atoms with Crippen molar-refractivity contribution in [3.05, 3.63) is 76.6 Å². The van der Waals surface area contributed by atoms with Crippen LogP contribution in [0.3, 0.4) is 0 Å². The van der Waals surface area contributed by atoms with Crippen LogP contribution in [-0.2, 0) is 17.5 Å². The van der Waals surface area contributed by atoms with Gasteiger partial charge >= 0.3 is 6.18 Å². The highest BCUT2D eigenvalue weighted by atomic mass is 19.4. The standard InChI is InChI=1S/C19H12F4N6O2/c20-12-4-6-14(7-5-12)29-17-16(26-27-29)18(31)28(10-24-17)9-15(30)25-13-3-1-2-11(8-13)19(21,22)23/h1-8,10H,9H2,(H,25,30). The van der Waals surface area contributed by atoms with Crippen LogP contribution in [0.2, 0.25) is 0 Å². The second kappa shape index (κ2) is 7.63. The summed E-state index contributed by atoms with van der Waals surface area (Å²) in [7, 11) is 0. The second-order valence-electron chi connectivity index (χ2n) is 6.45. The first kappa shape index (κ1) is 20.2. The van der Waals surface area contributed by atoms with Crippen molar-refractivity contribution in [2.45, 2.75) is 12.7 Å². The molecule has 0 aliphatic carbocycles. The van der Waals surface area contributed by atoms with E-state index in [1.807, 2.05) is 0 Å². The van der Waals surface area contributed by atoms with E-state index in [2.05, 4.69) is 20.6 Å². The van der Waals surface area contributed by atoms with Crippen LogP contribution in [0.1, 0.15) is 5.56 Å². The van der Waals surface area contributed by atoms with Crippen molar-refractivity contribution in [2.24, 2.45) is 0 Å². The Morgan fingerprint density at radius 1 is 1.10 bits per heavy atom. The van der Waals surface area contributed by atoms with E-state index in [1.165, 1.54) is 35.0 Å². The van der Waals surface area contributed by atoms with Crippen LogP contribution in [-0.4, -0.2) is 30.5 Å². The molecule has 2 aromatic carbocycles. The van der Waals surface area contributed by atoms with Crippen molar-refractivity contribution in [2.75, 3.05) is 5.32 Å². The predicted octanol–water partition coefficient (Wildman–Crippen LogP) is 2.77. The smallest absolute Gasteiger partial charge is 0.325 e. The third-order valence-corrected chi connectivity index (χ3v) is 4.29. The number of nitrogens with one attached hydrogen (secondary N) is 1. The number of alkyl halides is 3. The summed E-state index contributed by atoms with van der Waals surface area (Å²) in [6.45, 7) is -0.499. The molecular weight excluding hydrogens is 420 g/mol. The van der Waals surface area contributed by atoms with E-state index in [-0.39, 0.29) is 16.9 Å². The van der Waals surface area contributed by atoms with Crippen molar-refractivity contribution in [1.82, 2.24) is 24.5 Å². The number of nitrogens with zero attached hydrogens (tertiary/aromatic N) is 5. The summed E-state index contributed by atoms with van der Waals surface area (Å²) in [6, 6.07) is 9.40. The molecule has 0 aliphatic rings. The molecule has 4 aromatic rings.